The maximum absolute atomic E-state index is 12.0. The van der Waals surface area contributed by atoms with Gasteiger partial charge in [0, 0.05) is 12.6 Å². The number of amides is 1. The van der Waals surface area contributed by atoms with Crippen LogP contribution in [0.15, 0.2) is 42.5 Å². The molecule has 26 heavy (non-hydrogen) atoms. The molecule has 0 spiro atoms. The summed E-state index contributed by atoms with van der Waals surface area (Å²) in [6.45, 7) is 0.237. The SMILES string of the molecule is COC(=O)c1cc(CNC(=O)/C=C/c2cccc(Cl)c2Cl)ccc1OC. The normalized spacial score (nSPS) is 10.6. The fourth-order valence-electron chi connectivity index (χ4n) is 2.20. The molecule has 5 nitrogen and oxygen atoms in total. The molecule has 0 fully saturated rings. The fraction of sp³-hybridized carbons (Fsp3) is 0.158. The van der Waals surface area contributed by atoms with Crippen molar-refractivity contribution >= 4 is 41.2 Å². The van der Waals surface area contributed by atoms with E-state index in [1.54, 1.807) is 42.5 Å². The van der Waals surface area contributed by atoms with Crippen molar-refractivity contribution in [3.05, 3.63) is 69.2 Å². The molecule has 0 aliphatic rings. The number of hydrogen-bond acceptors (Lipinski definition) is 4. The lowest BCUT2D eigenvalue weighted by Gasteiger charge is -2.09. The van der Waals surface area contributed by atoms with Crippen LogP contribution in [0.1, 0.15) is 21.5 Å². The highest BCUT2D eigenvalue weighted by Crippen LogP contribution is 2.26. The third-order valence-electron chi connectivity index (χ3n) is 3.53. The van der Waals surface area contributed by atoms with Gasteiger partial charge in [-0.05, 0) is 35.4 Å². The highest BCUT2D eigenvalue weighted by Gasteiger charge is 2.13. The maximum atomic E-state index is 12.0. The van der Waals surface area contributed by atoms with Crippen molar-refractivity contribution < 1.29 is 19.1 Å². The Morgan fingerprint density at radius 3 is 2.62 bits per heavy atom. The highest BCUT2D eigenvalue weighted by atomic mass is 35.5. The molecule has 2 aromatic carbocycles. The van der Waals surface area contributed by atoms with Crippen molar-refractivity contribution in [2.24, 2.45) is 0 Å². The summed E-state index contributed by atoms with van der Waals surface area (Å²) >= 11 is 12.0. The molecule has 7 heteroatoms. The van der Waals surface area contributed by atoms with E-state index < -0.39 is 5.97 Å². The average Bonchev–Trinajstić information content (AvgIpc) is 2.66. The van der Waals surface area contributed by atoms with E-state index in [2.05, 4.69) is 5.32 Å². The zero-order chi connectivity index (χ0) is 19.1. The van der Waals surface area contributed by atoms with E-state index in [0.717, 1.165) is 5.56 Å². The number of benzene rings is 2. The van der Waals surface area contributed by atoms with Crippen LogP contribution in [0.5, 0.6) is 5.75 Å². The summed E-state index contributed by atoms with van der Waals surface area (Å²) in [7, 11) is 2.76. The van der Waals surface area contributed by atoms with Crippen molar-refractivity contribution in [1.29, 1.82) is 0 Å². The molecular weight excluding hydrogens is 377 g/mol. The molecule has 0 atom stereocenters. The van der Waals surface area contributed by atoms with Gasteiger partial charge in [-0.2, -0.15) is 0 Å². The zero-order valence-electron chi connectivity index (χ0n) is 14.2. The summed E-state index contributed by atoms with van der Waals surface area (Å²) in [5.74, 6) is -0.413. The van der Waals surface area contributed by atoms with E-state index in [-0.39, 0.29) is 12.5 Å². The summed E-state index contributed by atoms with van der Waals surface area (Å²) < 4.78 is 9.86. The Kier molecular flexibility index (Phi) is 7.06. The number of ether oxygens (including phenoxy) is 2. The summed E-state index contributed by atoms with van der Waals surface area (Å²) in [6, 6.07) is 10.2. The molecule has 2 rings (SSSR count). The van der Waals surface area contributed by atoms with Crippen molar-refractivity contribution in [3.8, 4) is 5.75 Å². The molecule has 0 aliphatic heterocycles. The van der Waals surface area contributed by atoms with Gasteiger partial charge in [0.05, 0.1) is 24.3 Å². The molecule has 0 aromatic heterocycles. The number of esters is 1. The first-order chi connectivity index (χ1) is 12.5. The topological polar surface area (TPSA) is 64.6 Å². The Morgan fingerprint density at radius 2 is 1.92 bits per heavy atom. The van der Waals surface area contributed by atoms with E-state index >= 15 is 0 Å². The number of nitrogens with one attached hydrogen (secondary N) is 1. The number of halogens is 2. The Hall–Kier alpha value is -2.50. The number of methoxy groups -OCH3 is 2. The molecule has 1 amide bonds. The third-order valence-corrected chi connectivity index (χ3v) is 4.37. The van der Waals surface area contributed by atoms with Crippen molar-refractivity contribution in [3.63, 3.8) is 0 Å². The van der Waals surface area contributed by atoms with Crippen molar-refractivity contribution in [1.82, 2.24) is 5.32 Å². The number of carbonyl (C=O) groups is 2. The van der Waals surface area contributed by atoms with Gasteiger partial charge in [-0.15, -0.1) is 0 Å². The Balaban J connectivity index is 2.04. The molecule has 0 heterocycles. The predicted molar refractivity (Wildman–Crippen MR) is 102 cm³/mol. The number of rotatable bonds is 6. The first-order valence-electron chi connectivity index (χ1n) is 7.61. The van der Waals surface area contributed by atoms with Crippen LogP contribution in [0.25, 0.3) is 6.08 Å². The molecule has 0 saturated heterocycles. The van der Waals surface area contributed by atoms with Crippen molar-refractivity contribution in [2.45, 2.75) is 6.54 Å². The predicted octanol–water partition coefficient (Wildman–Crippen LogP) is 4.12. The van der Waals surface area contributed by atoms with Gasteiger partial charge in [0.15, 0.2) is 0 Å². The molecule has 0 radical (unpaired) electrons. The second kappa shape index (κ2) is 9.27. The lowest BCUT2D eigenvalue weighted by atomic mass is 10.1. The van der Waals surface area contributed by atoms with Crippen LogP contribution < -0.4 is 10.1 Å². The molecule has 2 aromatic rings. The van der Waals surface area contributed by atoms with Gasteiger partial charge >= 0.3 is 5.97 Å². The summed E-state index contributed by atoms with van der Waals surface area (Å²) in [5, 5.41) is 3.53. The van der Waals surface area contributed by atoms with Crippen LogP contribution in [-0.4, -0.2) is 26.1 Å². The lowest BCUT2D eigenvalue weighted by molar-refractivity contribution is -0.116. The molecule has 1 N–H and O–H groups in total. The Bertz CT molecular complexity index is 849. The first kappa shape index (κ1) is 19.8. The average molecular weight is 394 g/mol. The number of hydrogen-bond donors (Lipinski definition) is 1. The smallest absolute Gasteiger partial charge is 0.341 e. The summed E-state index contributed by atoms with van der Waals surface area (Å²) in [4.78, 5) is 23.8. The van der Waals surface area contributed by atoms with E-state index in [4.69, 9.17) is 32.7 Å². The largest absolute Gasteiger partial charge is 0.496 e. The van der Waals surface area contributed by atoms with E-state index in [1.165, 1.54) is 20.3 Å². The van der Waals surface area contributed by atoms with Gasteiger partial charge in [0.25, 0.3) is 0 Å². The second-order valence-corrected chi connectivity index (χ2v) is 6.01. The van der Waals surface area contributed by atoms with Gasteiger partial charge in [-0.1, -0.05) is 41.4 Å². The van der Waals surface area contributed by atoms with Crippen LogP contribution in [0.3, 0.4) is 0 Å². The minimum absolute atomic E-state index is 0.237. The van der Waals surface area contributed by atoms with Gasteiger partial charge in [-0.3, -0.25) is 4.79 Å². The van der Waals surface area contributed by atoms with E-state index in [0.29, 0.717) is 26.9 Å². The van der Waals surface area contributed by atoms with Crippen LogP contribution in [0, 0.1) is 0 Å². The van der Waals surface area contributed by atoms with Gasteiger partial charge in [-0.25, -0.2) is 4.79 Å². The van der Waals surface area contributed by atoms with E-state index in [9.17, 15) is 9.59 Å². The fourth-order valence-corrected chi connectivity index (χ4v) is 2.57. The molecular formula is C19H17Cl2NO4. The van der Waals surface area contributed by atoms with Gasteiger partial charge in [0.1, 0.15) is 11.3 Å². The van der Waals surface area contributed by atoms with Gasteiger partial charge in [0.2, 0.25) is 5.91 Å². The minimum atomic E-state index is -0.509. The number of carbonyl (C=O) groups excluding carboxylic acids is 2. The van der Waals surface area contributed by atoms with E-state index in [1.807, 2.05) is 0 Å². The second-order valence-electron chi connectivity index (χ2n) is 5.22. The van der Waals surface area contributed by atoms with Crippen LogP contribution in [-0.2, 0) is 16.1 Å². The minimum Gasteiger partial charge on any atom is -0.496 e. The summed E-state index contributed by atoms with van der Waals surface area (Å²) in [6.07, 6.45) is 2.94. The quantitative estimate of drug-likeness (QED) is 0.592. The lowest BCUT2D eigenvalue weighted by Crippen LogP contribution is -2.20. The van der Waals surface area contributed by atoms with Gasteiger partial charge < -0.3 is 14.8 Å². The zero-order valence-corrected chi connectivity index (χ0v) is 15.7. The Labute approximate surface area is 161 Å². The van der Waals surface area contributed by atoms with Crippen LogP contribution in [0.4, 0.5) is 0 Å². The maximum Gasteiger partial charge on any atom is 0.341 e. The monoisotopic (exact) mass is 393 g/mol. The molecule has 136 valence electrons. The molecule has 0 saturated carbocycles. The molecule has 0 aliphatic carbocycles. The van der Waals surface area contributed by atoms with Crippen LogP contribution in [0.2, 0.25) is 10.0 Å². The van der Waals surface area contributed by atoms with Crippen molar-refractivity contribution in [2.75, 3.05) is 14.2 Å². The first-order valence-corrected chi connectivity index (χ1v) is 8.37. The third kappa shape index (κ3) is 5.00. The summed E-state index contributed by atoms with van der Waals surface area (Å²) in [5.41, 5.74) is 1.67. The van der Waals surface area contributed by atoms with Crippen LogP contribution >= 0.6 is 23.2 Å². The molecule has 0 bridgehead atoms. The molecule has 0 unspecified atom stereocenters. The Morgan fingerprint density at radius 1 is 1.15 bits per heavy atom. The highest BCUT2D eigenvalue weighted by molar-refractivity contribution is 6.42. The standard InChI is InChI=1S/C19H17Cl2NO4/c1-25-16-8-6-12(10-14(16)19(24)26-2)11-22-17(23)9-7-13-4-3-5-15(20)18(13)21/h3-10H,11H2,1-2H3,(H,22,23)/b9-7+.